The summed E-state index contributed by atoms with van der Waals surface area (Å²) >= 11 is 0. The van der Waals surface area contributed by atoms with Crippen LogP contribution in [-0.4, -0.2) is 183 Å². The van der Waals surface area contributed by atoms with Gasteiger partial charge in [0.2, 0.25) is 0 Å². The van der Waals surface area contributed by atoms with Gasteiger partial charge in [0.05, 0.1) is 47.8 Å². The van der Waals surface area contributed by atoms with E-state index in [1.807, 2.05) is 77.7 Å². The minimum absolute atomic E-state index is 0. The van der Waals surface area contributed by atoms with Gasteiger partial charge in [0, 0.05) is 126 Å². The lowest BCUT2D eigenvalue weighted by Gasteiger charge is -2.36. The monoisotopic (exact) mass is 1590 g/mol. The lowest BCUT2D eigenvalue weighted by molar-refractivity contribution is -0.151. The largest absolute Gasteiger partial charge is 0.505 e. The van der Waals surface area contributed by atoms with Gasteiger partial charge in [0.15, 0.2) is 23.7 Å². The molecule has 4 aliphatic rings. The van der Waals surface area contributed by atoms with Crippen LogP contribution in [0.25, 0.3) is 21.8 Å². The molecule has 2 saturated heterocycles. The van der Waals surface area contributed by atoms with Gasteiger partial charge >= 0.3 is 27.1 Å². The number of carbonyl (C=O) groups is 6. The fraction of sp³-hybridized carbons (Fsp3) is 0.302. The Morgan fingerprint density at radius 2 is 0.868 bits per heavy atom. The Balaban J connectivity index is 0.000000215. The van der Waals surface area contributed by atoms with Crippen LogP contribution in [0, 0.1) is 11.6 Å². The highest BCUT2D eigenvalue weighted by molar-refractivity contribution is 7.54. The lowest BCUT2D eigenvalue weighted by atomic mass is 9.94. The molecule has 1 N–H and O–H groups in total. The molecule has 0 aliphatic carbocycles. The summed E-state index contributed by atoms with van der Waals surface area (Å²) in [6, 6.07) is 55.6. The number of carbonyl (C=O) groups excluding carboxylic acids is 6. The number of piperazine rings is 2. The molecule has 10 aromatic rings. The Morgan fingerprint density at radius 3 is 1.28 bits per heavy atom. The number of ether oxygens (including phenoxy) is 3. The van der Waals surface area contributed by atoms with Crippen molar-refractivity contribution in [3.8, 4) is 23.0 Å². The average Bonchev–Trinajstić information content (AvgIpc) is 1.53. The summed E-state index contributed by atoms with van der Waals surface area (Å²) in [5.41, 5.74) is 5.71. The van der Waals surface area contributed by atoms with Crippen LogP contribution in [0.3, 0.4) is 0 Å². The minimum atomic E-state index is -3.85. The molecule has 4 atom stereocenters. The van der Waals surface area contributed by atoms with Crippen LogP contribution in [0.4, 0.5) is 8.78 Å². The predicted octanol–water partition coefficient (Wildman–Crippen LogP) is 14.6. The molecule has 2 unspecified atom stereocenters. The second-order valence-electron chi connectivity index (χ2n) is 27.6. The number of esters is 2. The first-order valence-corrected chi connectivity index (χ1v) is 40.9. The maximum absolute atomic E-state index is 15.0. The molecule has 594 valence electrons. The van der Waals surface area contributed by atoms with E-state index in [1.165, 1.54) is 49.2 Å². The number of halogens is 2. The third-order valence-electron chi connectivity index (χ3n) is 20.0. The molecule has 4 amide bonds. The van der Waals surface area contributed by atoms with Crippen molar-refractivity contribution in [2.24, 2.45) is 0 Å². The van der Waals surface area contributed by atoms with Gasteiger partial charge in [-0.3, -0.25) is 48.0 Å². The third kappa shape index (κ3) is 19.2. The number of fused-ring (bicyclic) bond motifs is 4. The van der Waals surface area contributed by atoms with E-state index in [9.17, 15) is 51.8 Å². The van der Waals surface area contributed by atoms with Crippen molar-refractivity contribution < 1.29 is 84.1 Å². The highest BCUT2D eigenvalue weighted by atomic mass is 31.2. The number of hydrogen-bond donors (Lipinski definition) is 1. The first-order chi connectivity index (χ1) is 54.7. The van der Waals surface area contributed by atoms with Crippen LogP contribution in [0.15, 0.2) is 207 Å². The Hall–Kier alpha value is -11.2. The fourth-order valence-corrected chi connectivity index (χ4v) is 17.8. The van der Waals surface area contributed by atoms with Crippen molar-refractivity contribution in [2.45, 2.75) is 79.6 Å². The average molecular weight is 1590 g/mol. The summed E-state index contributed by atoms with van der Waals surface area (Å²) < 4.78 is 95.9. The third-order valence-corrected chi connectivity index (χ3v) is 23.7. The number of pyridine rings is 2. The van der Waals surface area contributed by atoms with Crippen LogP contribution in [0.5, 0.6) is 23.0 Å². The topological polar surface area (TPSA) is 267 Å². The number of nitrogens with zero attached hydrogens (tertiary/aromatic N) is 8. The molecule has 2 fully saturated rings. The first-order valence-electron chi connectivity index (χ1n) is 37.5. The van der Waals surface area contributed by atoms with Crippen LogP contribution < -0.4 is 13.8 Å². The summed E-state index contributed by atoms with van der Waals surface area (Å²) in [6.07, 6.45) is 0.280. The summed E-state index contributed by atoms with van der Waals surface area (Å²) in [7, 11) is -7.67. The molecule has 2 aromatic heterocycles. The lowest BCUT2D eigenvalue weighted by Crippen LogP contribution is -2.49. The summed E-state index contributed by atoms with van der Waals surface area (Å²) in [5, 5.41) is 12.2. The Kier molecular flexibility index (Phi) is 26.8. The second kappa shape index (κ2) is 37.2. The number of amides is 4. The zero-order valence-electron chi connectivity index (χ0n) is 62.9. The molecule has 0 saturated carbocycles. The number of benzene rings is 8. The second-order valence-corrected chi connectivity index (χ2v) is 31.7. The molecule has 0 bridgehead atoms. The van der Waals surface area contributed by atoms with Crippen LogP contribution >= 0.6 is 15.2 Å². The standard InChI is InChI=1S/C49H48FN4O8P.C36H38FN4O8P.CH4/c1-3-59-49(57)34(2)61-63(58,62-39-18-11-6-12-19-39)31-30-52-26-28-53(29-27-52)47(55)42-40-20-13-25-51-44(40)46(60-45(36-14-7-4-8-15-36)37-16-9-5-10-17-37)43-41(42)33-54(48(43)56)32-35-21-23-38(50)24-22-35;1-3-47-36(45)24(2)48-50(46,49-27-8-5-4-6-9-27)21-20-39-16-18-40(19-17-39)34(43)30-28-10-7-15-38-32(28)33(42)31-29(30)23-41(35(31)44)22-25-11-13-26(37)14-12-25;/h4-25,34,45H,3,26-33H2,1-2H3;4-15,24,42H,3,16-23H2,1-2H3;1H4/t34-,63?;24-,50?;/m10./s1. The van der Waals surface area contributed by atoms with Gasteiger partial charge in [-0.1, -0.05) is 141 Å². The van der Waals surface area contributed by atoms with E-state index in [4.69, 9.17) is 37.3 Å². The first kappa shape index (κ1) is 82.2. The quantitative estimate of drug-likeness (QED) is 0.0353. The van der Waals surface area contributed by atoms with E-state index >= 15 is 0 Å². The molecule has 0 radical (unpaired) electrons. The van der Waals surface area contributed by atoms with Crippen molar-refractivity contribution in [3.05, 3.63) is 274 Å². The molecule has 14 rings (SSSR count). The number of aromatic hydroxyl groups is 1. The Morgan fingerprint density at radius 1 is 0.491 bits per heavy atom. The molecule has 28 heteroatoms. The molecule has 0 spiro atoms. The summed E-state index contributed by atoms with van der Waals surface area (Å²) in [6.45, 7) is 11.0. The fourth-order valence-electron chi connectivity index (χ4n) is 14.3. The van der Waals surface area contributed by atoms with E-state index in [2.05, 4.69) is 9.88 Å². The molecular weight excluding hydrogens is 1500 g/mol. The molecule has 6 heterocycles. The number of aromatic nitrogens is 2. The number of para-hydroxylation sites is 2. The van der Waals surface area contributed by atoms with Gasteiger partial charge < -0.3 is 48.0 Å². The van der Waals surface area contributed by atoms with Crippen molar-refractivity contribution in [3.63, 3.8) is 0 Å². The van der Waals surface area contributed by atoms with E-state index in [1.54, 1.807) is 132 Å². The van der Waals surface area contributed by atoms with Gasteiger partial charge in [0.1, 0.15) is 40.3 Å². The summed E-state index contributed by atoms with van der Waals surface area (Å²) in [5.74, 6) is -2.63. The van der Waals surface area contributed by atoms with Crippen LogP contribution in [0.1, 0.15) is 116 Å². The van der Waals surface area contributed by atoms with Gasteiger partial charge in [-0.15, -0.1) is 0 Å². The van der Waals surface area contributed by atoms with Crippen molar-refractivity contribution >= 4 is 72.6 Å². The van der Waals surface area contributed by atoms with E-state index in [0.717, 1.165) is 16.7 Å². The highest BCUT2D eigenvalue weighted by Gasteiger charge is 2.43. The van der Waals surface area contributed by atoms with E-state index in [-0.39, 0.29) is 117 Å². The van der Waals surface area contributed by atoms with Crippen molar-refractivity contribution in [1.82, 2.24) is 39.4 Å². The van der Waals surface area contributed by atoms with E-state index in [0.29, 0.717) is 121 Å². The predicted molar refractivity (Wildman–Crippen MR) is 425 cm³/mol. The van der Waals surface area contributed by atoms with Crippen molar-refractivity contribution in [1.29, 1.82) is 0 Å². The SMILES string of the molecule is C.CCOC(=O)[C@@H](C)OP(=O)(CCN1CCN(C(=O)c2c3c(c(OC(c4ccccc4)c4ccccc4)c4ncccc24)C(=O)N(Cc2ccc(F)cc2)C3)CC1)Oc1ccccc1.CCOC(=O)[C@H](C)OP(=O)(CCN1CCN(C(=O)c2c3c(c(O)c4ncccc24)C(=O)N(Cc2ccc(F)cc2)C3)CC1)Oc1ccccc1. The van der Waals surface area contributed by atoms with Gasteiger partial charge in [-0.2, -0.15) is 0 Å². The zero-order chi connectivity index (χ0) is 79.3. The maximum atomic E-state index is 15.0. The van der Waals surface area contributed by atoms with Crippen LogP contribution in [-0.2, 0) is 63.4 Å². The number of phenolic OH excluding ortho intramolecular Hbond substituents is 1. The number of phenols is 1. The van der Waals surface area contributed by atoms with Crippen molar-refractivity contribution in [2.75, 3.05) is 91.0 Å². The van der Waals surface area contributed by atoms with Gasteiger partial charge in [-0.05, 0) is 111 Å². The Bertz CT molecular complexity index is 5150. The molecule has 114 heavy (non-hydrogen) atoms. The molecule has 4 aliphatic heterocycles. The van der Waals surface area contributed by atoms with Gasteiger partial charge in [0.25, 0.3) is 23.6 Å². The molecular formula is C86H90F2N8O16P2. The number of hydrogen-bond acceptors (Lipinski definition) is 20. The zero-order valence-corrected chi connectivity index (χ0v) is 64.7. The highest BCUT2D eigenvalue weighted by Crippen LogP contribution is 2.52. The normalized spacial score (nSPS) is 15.9. The number of rotatable bonds is 28. The smallest absolute Gasteiger partial charge is 0.381 e. The summed E-state index contributed by atoms with van der Waals surface area (Å²) in [4.78, 5) is 102. The minimum Gasteiger partial charge on any atom is -0.505 e. The van der Waals surface area contributed by atoms with E-state index < -0.39 is 51.3 Å². The maximum Gasteiger partial charge on any atom is 0.381 e. The Labute approximate surface area is 660 Å². The van der Waals surface area contributed by atoms with Crippen LogP contribution in [0.2, 0.25) is 0 Å². The molecule has 24 nitrogen and oxygen atoms in total. The van der Waals surface area contributed by atoms with Gasteiger partial charge in [-0.25, -0.2) is 27.5 Å². The molecule has 8 aromatic carbocycles.